The number of fused-ring (bicyclic) bond motifs is 1. The van der Waals surface area contributed by atoms with Crippen LogP contribution in [0.15, 0.2) is 35.4 Å². The van der Waals surface area contributed by atoms with Crippen molar-refractivity contribution in [2.75, 3.05) is 11.9 Å². The molecule has 0 bridgehead atoms. The number of rotatable bonds is 7. The maximum absolute atomic E-state index is 13.1. The average molecular weight is 444 g/mol. The van der Waals surface area contributed by atoms with Gasteiger partial charge in [0, 0.05) is 0 Å². The van der Waals surface area contributed by atoms with Gasteiger partial charge >= 0.3 is 5.97 Å². The number of aryl methyl sites for hydroxylation is 1. The van der Waals surface area contributed by atoms with E-state index in [0.717, 1.165) is 11.3 Å². The number of hydrogen-bond acceptors (Lipinski definition) is 7. The van der Waals surface area contributed by atoms with Crippen LogP contribution >= 0.6 is 11.3 Å². The number of esters is 1. The molecule has 0 radical (unpaired) electrons. The largest absolute Gasteiger partial charge is 0.492 e. The van der Waals surface area contributed by atoms with Crippen molar-refractivity contribution in [2.24, 2.45) is 0 Å². The van der Waals surface area contributed by atoms with Crippen LogP contribution in [0.3, 0.4) is 0 Å². The predicted molar refractivity (Wildman–Crippen MR) is 120 cm³/mol. The number of carbonyl (C=O) groups excluding carboxylic acids is 2. The van der Waals surface area contributed by atoms with E-state index in [0.29, 0.717) is 38.7 Å². The first kappa shape index (κ1) is 22.5. The molecule has 1 aromatic carbocycles. The Labute approximate surface area is 183 Å². The molecule has 0 aliphatic heterocycles. The molecule has 9 heteroatoms. The summed E-state index contributed by atoms with van der Waals surface area (Å²) < 4.78 is 12.1. The lowest BCUT2D eigenvalue weighted by Gasteiger charge is -2.16. The lowest BCUT2D eigenvalue weighted by Crippen LogP contribution is -2.32. The fourth-order valence-electron chi connectivity index (χ4n) is 3.09. The summed E-state index contributed by atoms with van der Waals surface area (Å²) in [4.78, 5) is 43.4. The van der Waals surface area contributed by atoms with Crippen molar-refractivity contribution >= 4 is 39.1 Å². The Morgan fingerprint density at radius 3 is 2.61 bits per heavy atom. The zero-order valence-electron chi connectivity index (χ0n) is 18.1. The third kappa shape index (κ3) is 4.61. The van der Waals surface area contributed by atoms with Gasteiger partial charge in [-0.1, -0.05) is 12.1 Å². The van der Waals surface area contributed by atoms with Crippen LogP contribution in [0.1, 0.15) is 49.0 Å². The molecule has 0 fully saturated rings. The van der Waals surface area contributed by atoms with E-state index < -0.39 is 12.0 Å². The van der Waals surface area contributed by atoms with E-state index in [4.69, 9.17) is 9.47 Å². The molecule has 1 amide bonds. The first-order valence-electron chi connectivity index (χ1n) is 9.98. The Hall–Kier alpha value is -3.20. The van der Waals surface area contributed by atoms with Crippen LogP contribution in [0.5, 0.6) is 5.75 Å². The molecule has 0 unspecified atom stereocenters. The smallest absolute Gasteiger partial charge is 0.348 e. The third-order valence-corrected chi connectivity index (χ3v) is 5.83. The summed E-state index contributed by atoms with van der Waals surface area (Å²) in [6, 6.07) is 6.26. The highest BCUT2D eigenvalue weighted by Crippen LogP contribution is 2.28. The number of para-hydroxylation sites is 2. The zero-order chi connectivity index (χ0) is 22.7. The summed E-state index contributed by atoms with van der Waals surface area (Å²) in [7, 11) is 0. The Bertz CT molecular complexity index is 1180. The Kier molecular flexibility index (Phi) is 6.74. The highest BCUT2D eigenvalue weighted by Gasteiger charge is 2.24. The summed E-state index contributed by atoms with van der Waals surface area (Å²) in [6.07, 6.45) is 1.06. The van der Waals surface area contributed by atoms with Crippen LogP contribution in [0.4, 0.5) is 5.69 Å². The quantitative estimate of drug-likeness (QED) is 0.556. The summed E-state index contributed by atoms with van der Waals surface area (Å²) in [5.41, 5.74) is 0.642. The summed E-state index contributed by atoms with van der Waals surface area (Å²) in [6.45, 7) is 9.14. The predicted octanol–water partition coefficient (Wildman–Crippen LogP) is 3.93. The van der Waals surface area contributed by atoms with Gasteiger partial charge in [-0.15, -0.1) is 11.3 Å². The zero-order valence-corrected chi connectivity index (χ0v) is 18.9. The van der Waals surface area contributed by atoms with Gasteiger partial charge in [0.25, 0.3) is 5.56 Å². The molecule has 0 aliphatic carbocycles. The van der Waals surface area contributed by atoms with Gasteiger partial charge < -0.3 is 14.8 Å². The molecule has 8 nitrogen and oxygen atoms in total. The fourth-order valence-corrected chi connectivity index (χ4v) is 4.11. The fraction of sp³-hybridized carbons (Fsp3) is 0.364. The lowest BCUT2D eigenvalue weighted by atomic mass is 10.2. The van der Waals surface area contributed by atoms with Crippen LogP contribution in [-0.2, 0) is 9.53 Å². The Morgan fingerprint density at radius 1 is 1.23 bits per heavy atom. The van der Waals surface area contributed by atoms with E-state index in [1.807, 2.05) is 13.0 Å². The van der Waals surface area contributed by atoms with Gasteiger partial charge in [0.15, 0.2) is 0 Å². The van der Waals surface area contributed by atoms with Crippen molar-refractivity contribution < 1.29 is 19.1 Å². The molecule has 2 aromatic heterocycles. The van der Waals surface area contributed by atoms with E-state index in [2.05, 4.69) is 10.3 Å². The molecule has 164 valence electrons. The number of nitrogens with zero attached hydrogens (tertiary/aromatic N) is 2. The van der Waals surface area contributed by atoms with Crippen molar-refractivity contribution in [3.05, 3.63) is 51.4 Å². The third-order valence-electron chi connectivity index (χ3n) is 4.65. The van der Waals surface area contributed by atoms with E-state index >= 15 is 0 Å². The minimum atomic E-state index is -0.829. The number of ether oxygens (including phenoxy) is 2. The number of nitrogens with one attached hydrogen (secondary N) is 1. The van der Waals surface area contributed by atoms with Gasteiger partial charge in [0.2, 0.25) is 5.91 Å². The van der Waals surface area contributed by atoms with Crippen molar-refractivity contribution in [1.82, 2.24) is 9.55 Å². The molecule has 3 aromatic rings. The number of hydrogen-bond donors (Lipinski definition) is 1. The number of thiophene rings is 1. The Balaban J connectivity index is 1.93. The second-order valence-corrected chi connectivity index (χ2v) is 8.24. The van der Waals surface area contributed by atoms with E-state index in [1.54, 1.807) is 45.9 Å². The minimum absolute atomic E-state index is 0.273. The minimum Gasteiger partial charge on any atom is -0.492 e. The summed E-state index contributed by atoms with van der Waals surface area (Å²) in [5, 5.41) is 3.12. The number of amides is 1. The summed E-state index contributed by atoms with van der Waals surface area (Å²) >= 11 is 1.11. The van der Waals surface area contributed by atoms with Crippen LogP contribution in [0, 0.1) is 6.92 Å². The molecule has 1 N–H and O–H groups in total. The molecule has 1 atom stereocenters. The van der Waals surface area contributed by atoms with Crippen molar-refractivity contribution in [3.8, 4) is 5.75 Å². The van der Waals surface area contributed by atoms with Gasteiger partial charge in [-0.2, -0.15) is 0 Å². The molecule has 0 aliphatic rings. The standard InChI is InChI=1S/C22H25N3O5S/c1-6-29-16-10-8-7-9-15(16)24-19(26)14(5)25-11-23-20-17(21(25)27)13(4)18(31-20)22(28)30-12(2)3/h7-12,14H,6H2,1-5H3,(H,24,26)/t14-/m1/s1. The van der Waals surface area contributed by atoms with Gasteiger partial charge in [0.05, 0.1) is 30.1 Å². The molecule has 3 rings (SSSR count). The highest BCUT2D eigenvalue weighted by atomic mass is 32.1. The van der Waals surface area contributed by atoms with Crippen molar-refractivity contribution in [1.29, 1.82) is 0 Å². The number of benzene rings is 1. The molecule has 31 heavy (non-hydrogen) atoms. The van der Waals surface area contributed by atoms with E-state index in [-0.39, 0.29) is 17.6 Å². The molecule has 0 saturated heterocycles. The first-order valence-corrected chi connectivity index (χ1v) is 10.8. The van der Waals surface area contributed by atoms with Crippen LogP contribution in [0.2, 0.25) is 0 Å². The number of aromatic nitrogens is 2. The average Bonchev–Trinajstić information content (AvgIpc) is 3.06. The maximum atomic E-state index is 13.1. The van der Waals surface area contributed by atoms with Crippen LogP contribution in [-0.4, -0.2) is 34.1 Å². The van der Waals surface area contributed by atoms with Gasteiger partial charge in [-0.05, 0) is 52.3 Å². The van der Waals surface area contributed by atoms with Crippen LogP contribution in [0.25, 0.3) is 10.2 Å². The topological polar surface area (TPSA) is 99.5 Å². The van der Waals surface area contributed by atoms with E-state index in [1.165, 1.54) is 10.9 Å². The van der Waals surface area contributed by atoms with E-state index in [9.17, 15) is 14.4 Å². The second kappa shape index (κ2) is 9.30. The van der Waals surface area contributed by atoms with Crippen molar-refractivity contribution in [3.63, 3.8) is 0 Å². The molecule has 2 heterocycles. The van der Waals surface area contributed by atoms with Crippen LogP contribution < -0.4 is 15.6 Å². The maximum Gasteiger partial charge on any atom is 0.348 e. The SMILES string of the molecule is CCOc1ccccc1NC(=O)[C@@H](C)n1cnc2sc(C(=O)OC(C)C)c(C)c2c1=O. The molecule has 0 spiro atoms. The number of anilines is 1. The second-order valence-electron chi connectivity index (χ2n) is 7.24. The number of carbonyl (C=O) groups is 2. The first-order chi connectivity index (χ1) is 14.7. The Morgan fingerprint density at radius 2 is 1.94 bits per heavy atom. The molecular weight excluding hydrogens is 418 g/mol. The molecular formula is C22H25N3O5S. The van der Waals surface area contributed by atoms with Gasteiger partial charge in [-0.25, -0.2) is 9.78 Å². The summed E-state index contributed by atoms with van der Waals surface area (Å²) in [5.74, 6) is -0.323. The van der Waals surface area contributed by atoms with Gasteiger partial charge in [-0.3, -0.25) is 14.2 Å². The highest BCUT2D eigenvalue weighted by molar-refractivity contribution is 7.20. The normalized spacial score (nSPS) is 12.1. The monoisotopic (exact) mass is 443 g/mol. The van der Waals surface area contributed by atoms with Crippen molar-refractivity contribution in [2.45, 2.75) is 46.8 Å². The lowest BCUT2D eigenvalue weighted by molar-refractivity contribution is -0.118. The van der Waals surface area contributed by atoms with Gasteiger partial charge in [0.1, 0.15) is 21.5 Å². The molecule has 0 saturated carbocycles.